The Hall–Kier alpha value is -2.18. The number of hydrogen-bond acceptors (Lipinski definition) is 8. The molecule has 2 heterocycles. The number of halogens is 2. The highest BCUT2D eigenvalue weighted by Gasteiger charge is 2.25. The topological polar surface area (TPSA) is 126 Å². The number of anilines is 1. The number of benzene rings is 1. The van der Waals surface area contributed by atoms with Crippen LogP contribution in [-0.4, -0.2) is 26.3 Å². The molecule has 0 fully saturated rings. The average molecular weight is 503 g/mol. The van der Waals surface area contributed by atoms with Gasteiger partial charge in [0.25, 0.3) is 11.6 Å². The maximum Gasteiger partial charge on any atom is 0.294 e. The van der Waals surface area contributed by atoms with Crippen LogP contribution >= 0.6 is 46.3 Å². The summed E-state index contributed by atoms with van der Waals surface area (Å²) in [5.41, 5.74) is 0.0698. The monoisotopic (exact) mass is 502 g/mol. The summed E-state index contributed by atoms with van der Waals surface area (Å²) in [5.74, 6) is -0.577. The molecule has 0 saturated heterocycles. The summed E-state index contributed by atoms with van der Waals surface area (Å²) in [6.07, 6.45) is 4.01. The molecule has 0 spiro atoms. The summed E-state index contributed by atoms with van der Waals surface area (Å²) in [7, 11) is -2.95. The van der Waals surface area contributed by atoms with Gasteiger partial charge in [-0.25, -0.2) is 8.99 Å². The lowest BCUT2D eigenvalue weighted by molar-refractivity contribution is -0.387. The second-order valence-electron chi connectivity index (χ2n) is 5.90. The number of aromatic nitrogens is 1. The molecule has 2 aromatic heterocycles. The van der Waals surface area contributed by atoms with Gasteiger partial charge in [0, 0.05) is 35.3 Å². The number of nitro groups is 1. The molecule has 30 heavy (non-hydrogen) atoms. The number of hydrogen-bond donors (Lipinski definition) is 2. The van der Waals surface area contributed by atoms with Crippen LogP contribution in [0.3, 0.4) is 0 Å². The van der Waals surface area contributed by atoms with Gasteiger partial charge < -0.3 is 5.32 Å². The molecule has 0 aliphatic rings. The van der Waals surface area contributed by atoms with Crippen molar-refractivity contribution in [3.63, 3.8) is 0 Å². The van der Waals surface area contributed by atoms with Crippen molar-refractivity contribution in [1.82, 2.24) is 4.98 Å². The number of thiophene rings is 1. The summed E-state index contributed by atoms with van der Waals surface area (Å²) in [6, 6.07) is 7.26. The number of rotatable bonds is 6. The van der Waals surface area contributed by atoms with Gasteiger partial charge in [-0.05, 0) is 18.2 Å². The minimum atomic E-state index is -2.95. The second-order valence-corrected chi connectivity index (χ2v) is 11.2. The number of carbonyl (C=O) groups is 1. The first kappa shape index (κ1) is 22.5. The van der Waals surface area contributed by atoms with Gasteiger partial charge in [-0.3, -0.25) is 19.9 Å². The Morgan fingerprint density at radius 2 is 1.97 bits per heavy atom. The molecular weight excluding hydrogens is 491 g/mol. The third kappa shape index (κ3) is 5.10. The molecule has 8 nitrogen and oxygen atoms in total. The molecule has 13 heteroatoms. The number of nitrogens with zero attached hydrogens (tertiary/aromatic N) is 2. The number of amides is 1. The first-order valence-electron chi connectivity index (χ1n) is 7.96. The largest absolute Gasteiger partial charge is 0.321 e. The molecular formula is C17H12Cl2N4O4S3. The minimum Gasteiger partial charge on any atom is -0.321 e. The fourth-order valence-corrected chi connectivity index (χ4v) is 5.72. The molecule has 2 N–H and O–H groups in total. The van der Waals surface area contributed by atoms with Crippen molar-refractivity contribution >= 4 is 73.3 Å². The highest BCUT2D eigenvalue weighted by atomic mass is 35.5. The normalized spacial score (nSPS) is 12.9. The predicted molar refractivity (Wildman–Crippen MR) is 119 cm³/mol. The maximum absolute atomic E-state index is 12.6. The van der Waals surface area contributed by atoms with E-state index in [-0.39, 0.29) is 29.7 Å². The van der Waals surface area contributed by atoms with E-state index in [4.69, 9.17) is 28.0 Å². The molecule has 0 aliphatic carbocycles. The molecule has 3 rings (SSSR count). The summed E-state index contributed by atoms with van der Waals surface area (Å²) in [5, 5.41) is 14.5. The third-order valence-electron chi connectivity index (χ3n) is 3.65. The SMILES string of the molecule is CS(=N)(=O)c1cccc(NC(=O)c2cc([N+](=O)[O-])c(Sc3c(Cl)cncc3Cl)s2)c1. The smallest absolute Gasteiger partial charge is 0.294 e. The standard InChI is InChI=1S/C17H12Cl2N4O4S3/c1-30(20,27)10-4-2-3-9(5-10)22-16(24)14-6-13(23(25)26)17(28-14)29-15-11(18)7-21-8-12(15)19/h2-8,20H,1H3,(H,22,24). The van der Waals surface area contributed by atoms with E-state index >= 15 is 0 Å². The Balaban J connectivity index is 1.91. The predicted octanol–water partition coefficient (Wildman–Crippen LogP) is 5.80. The van der Waals surface area contributed by atoms with E-state index in [1.807, 2.05) is 0 Å². The van der Waals surface area contributed by atoms with Crippen molar-refractivity contribution in [3.05, 3.63) is 67.8 Å². The summed E-state index contributed by atoms with van der Waals surface area (Å²) in [4.78, 5) is 28.1. The van der Waals surface area contributed by atoms with Crippen LogP contribution in [0.15, 0.2) is 56.7 Å². The first-order valence-corrected chi connectivity index (χ1v) is 12.3. The average Bonchev–Trinajstić information content (AvgIpc) is 3.09. The minimum absolute atomic E-state index is 0.0963. The number of carbonyl (C=O) groups excluding carboxylic acids is 1. The van der Waals surface area contributed by atoms with E-state index in [0.717, 1.165) is 23.1 Å². The zero-order valence-electron chi connectivity index (χ0n) is 15.0. The van der Waals surface area contributed by atoms with Crippen molar-refractivity contribution in [2.24, 2.45) is 0 Å². The van der Waals surface area contributed by atoms with Crippen molar-refractivity contribution in [2.75, 3.05) is 11.6 Å². The fourth-order valence-electron chi connectivity index (χ4n) is 2.28. The first-order chi connectivity index (χ1) is 14.1. The van der Waals surface area contributed by atoms with Crippen molar-refractivity contribution < 1.29 is 13.9 Å². The van der Waals surface area contributed by atoms with Crippen LogP contribution in [-0.2, 0) is 9.73 Å². The lowest BCUT2D eigenvalue weighted by Gasteiger charge is -2.06. The van der Waals surface area contributed by atoms with Gasteiger partial charge in [-0.15, -0.1) is 11.3 Å². The van der Waals surface area contributed by atoms with Crippen LogP contribution in [0.4, 0.5) is 11.4 Å². The van der Waals surface area contributed by atoms with Crippen LogP contribution in [0.1, 0.15) is 9.67 Å². The molecule has 3 aromatic rings. The highest BCUT2D eigenvalue weighted by Crippen LogP contribution is 2.45. The van der Waals surface area contributed by atoms with Crippen LogP contribution in [0.25, 0.3) is 0 Å². The molecule has 0 saturated carbocycles. The van der Waals surface area contributed by atoms with Gasteiger partial charge >= 0.3 is 0 Å². The van der Waals surface area contributed by atoms with E-state index in [2.05, 4.69) is 10.3 Å². The molecule has 0 radical (unpaired) electrons. The summed E-state index contributed by atoms with van der Waals surface area (Å²) in [6.45, 7) is 0. The zero-order valence-corrected chi connectivity index (χ0v) is 19.0. The molecule has 0 bridgehead atoms. The molecule has 156 valence electrons. The van der Waals surface area contributed by atoms with Gasteiger partial charge in [0.2, 0.25) is 0 Å². The van der Waals surface area contributed by atoms with Crippen LogP contribution in [0.5, 0.6) is 0 Å². The highest BCUT2D eigenvalue weighted by molar-refractivity contribution is 8.01. The second kappa shape index (κ2) is 8.90. The van der Waals surface area contributed by atoms with Crippen LogP contribution < -0.4 is 5.32 Å². The maximum atomic E-state index is 12.6. The van der Waals surface area contributed by atoms with E-state index in [9.17, 15) is 19.1 Å². The lowest BCUT2D eigenvalue weighted by atomic mass is 10.3. The molecule has 1 aromatic carbocycles. The number of nitrogens with one attached hydrogen (secondary N) is 2. The Morgan fingerprint density at radius 1 is 1.30 bits per heavy atom. The van der Waals surface area contributed by atoms with E-state index in [0.29, 0.717) is 10.6 Å². The van der Waals surface area contributed by atoms with Gasteiger partial charge in [0.15, 0.2) is 0 Å². The Labute approximate surface area is 189 Å². The number of pyridine rings is 1. The summed E-state index contributed by atoms with van der Waals surface area (Å²) >= 11 is 14.1. The van der Waals surface area contributed by atoms with Gasteiger partial charge in [0.1, 0.15) is 9.09 Å². The van der Waals surface area contributed by atoms with E-state index < -0.39 is 20.6 Å². The van der Waals surface area contributed by atoms with Gasteiger partial charge in [-0.1, -0.05) is 41.0 Å². The molecule has 0 aliphatic heterocycles. The lowest BCUT2D eigenvalue weighted by Crippen LogP contribution is -2.10. The van der Waals surface area contributed by atoms with Crippen molar-refractivity contribution in [1.29, 1.82) is 4.78 Å². The zero-order chi connectivity index (χ0) is 22.1. The molecule has 1 unspecified atom stereocenters. The molecule has 1 atom stereocenters. The quantitative estimate of drug-likeness (QED) is 0.324. The fraction of sp³-hybridized carbons (Fsp3) is 0.0588. The summed E-state index contributed by atoms with van der Waals surface area (Å²) < 4.78 is 19.8. The van der Waals surface area contributed by atoms with Crippen molar-refractivity contribution in [2.45, 2.75) is 14.0 Å². The van der Waals surface area contributed by atoms with Gasteiger partial charge in [-0.2, -0.15) is 0 Å². The van der Waals surface area contributed by atoms with Gasteiger partial charge in [0.05, 0.1) is 29.6 Å². The molecule has 1 amide bonds. The Bertz CT molecular complexity index is 1240. The Morgan fingerprint density at radius 3 is 2.57 bits per heavy atom. The van der Waals surface area contributed by atoms with Crippen molar-refractivity contribution in [3.8, 4) is 0 Å². The van der Waals surface area contributed by atoms with E-state index in [1.54, 1.807) is 12.1 Å². The van der Waals surface area contributed by atoms with E-state index in [1.165, 1.54) is 36.8 Å². The van der Waals surface area contributed by atoms with Crippen LogP contribution in [0, 0.1) is 14.9 Å². The van der Waals surface area contributed by atoms with Crippen LogP contribution in [0.2, 0.25) is 10.0 Å². The Kier molecular flexibility index (Phi) is 6.68. The third-order valence-corrected chi connectivity index (χ3v) is 8.05.